The Bertz CT molecular complexity index is 1070. The van der Waals surface area contributed by atoms with Gasteiger partial charge in [-0.05, 0) is 86.3 Å². The van der Waals surface area contributed by atoms with Gasteiger partial charge in [0.1, 0.15) is 17.7 Å². The summed E-state index contributed by atoms with van der Waals surface area (Å²) in [4.78, 5) is 18.9. The molecule has 37 heavy (non-hydrogen) atoms. The number of aliphatic carboxylic acids is 1. The van der Waals surface area contributed by atoms with Gasteiger partial charge in [0.25, 0.3) is 0 Å². The van der Waals surface area contributed by atoms with Crippen LogP contribution in [0.4, 0.5) is 10.2 Å². The fourth-order valence-corrected chi connectivity index (χ4v) is 5.68. The van der Waals surface area contributed by atoms with E-state index in [1.165, 1.54) is 24.1 Å². The Hall–Kier alpha value is -2.55. The fraction of sp³-hybridized carbons (Fsp3) is 0.586. The van der Waals surface area contributed by atoms with Crippen molar-refractivity contribution < 1.29 is 23.8 Å². The molecular weight excluding hydrogens is 473 g/mol. The van der Waals surface area contributed by atoms with Crippen LogP contribution in [0.25, 0.3) is 0 Å². The molecule has 1 aromatic carbocycles. The van der Waals surface area contributed by atoms with E-state index < -0.39 is 17.8 Å². The van der Waals surface area contributed by atoms with Crippen LogP contribution < -0.4 is 5.32 Å². The van der Waals surface area contributed by atoms with Crippen LogP contribution in [0.3, 0.4) is 0 Å². The number of carbonyl (C=O) groups is 1. The van der Waals surface area contributed by atoms with Crippen LogP contribution in [-0.4, -0.2) is 59.9 Å². The number of nitrogens with one attached hydrogen (secondary N) is 1. The Balaban J connectivity index is 1.06. The van der Waals surface area contributed by atoms with Gasteiger partial charge in [0.05, 0.1) is 12.2 Å². The Kier molecular flexibility index (Phi) is 8.69. The monoisotopic (exact) mass is 511 g/mol. The number of nitrogens with zero attached hydrogens (tertiary/aromatic N) is 2. The van der Waals surface area contributed by atoms with Crippen LogP contribution in [-0.2, 0) is 27.1 Å². The number of benzene rings is 1. The van der Waals surface area contributed by atoms with Crippen molar-refractivity contribution in [2.24, 2.45) is 0 Å². The normalized spacial score (nSPS) is 21.1. The molecule has 0 aliphatic carbocycles. The van der Waals surface area contributed by atoms with E-state index >= 15 is 0 Å². The van der Waals surface area contributed by atoms with Crippen LogP contribution in [0.1, 0.15) is 79.5 Å². The number of unbranched alkanes of at least 4 members (excludes halogenated alkanes) is 2. The fourth-order valence-electron chi connectivity index (χ4n) is 5.68. The molecule has 200 valence electrons. The quantitative estimate of drug-likeness (QED) is 0.408. The minimum Gasteiger partial charge on any atom is -0.480 e. The molecule has 1 aromatic heterocycles. The molecule has 0 saturated carbocycles. The zero-order valence-corrected chi connectivity index (χ0v) is 21.5. The lowest BCUT2D eigenvalue weighted by molar-refractivity contribution is -0.151. The van der Waals surface area contributed by atoms with Crippen molar-refractivity contribution in [1.29, 1.82) is 0 Å². The van der Waals surface area contributed by atoms with E-state index in [9.17, 15) is 14.3 Å². The molecule has 3 aliphatic rings. The summed E-state index contributed by atoms with van der Waals surface area (Å²) in [5.41, 5.74) is 3.75. The van der Waals surface area contributed by atoms with Gasteiger partial charge in [-0.25, -0.2) is 9.37 Å². The number of hydrogen-bond acceptors (Lipinski definition) is 6. The summed E-state index contributed by atoms with van der Waals surface area (Å²) in [6.45, 7) is 3.39. The average Bonchev–Trinajstić information content (AvgIpc) is 2.89. The summed E-state index contributed by atoms with van der Waals surface area (Å²) in [6.07, 6.45) is 9.04. The van der Waals surface area contributed by atoms with Crippen LogP contribution in [0.2, 0.25) is 0 Å². The number of ether oxygens (including phenoxy) is 2. The average molecular weight is 512 g/mol. The minimum atomic E-state index is -0.966. The maximum atomic E-state index is 14.2. The highest BCUT2D eigenvalue weighted by Crippen LogP contribution is 2.37. The molecule has 3 aliphatic heterocycles. The van der Waals surface area contributed by atoms with E-state index in [0.29, 0.717) is 31.9 Å². The van der Waals surface area contributed by atoms with Gasteiger partial charge < -0.3 is 19.9 Å². The number of carboxylic acid groups (broad SMARTS) is 1. The highest BCUT2D eigenvalue weighted by atomic mass is 19.1. The number of likely N-dealkylation sites (tertiary alicyclic amines) is 1. The molecule has 0 radical (unpaired) electrons. The molecule has 5 rings (SSSR count). The highest BCUT2D eigenvalue weighted by Gasteiger charge is 2.39. The Morgan fingerprint density at radius 1 is 1.19 bits per heavy atom. The van der Waals surface area contributed by atoms with E-state index in [4.69, 9.17) is 14.5 Å². The predicted octanol–water partition coefficient (Wildman–Crippen LogP) is 5.06. The summed E-state index contributed by atoms with van der Waals surface area (Å²) in [5.74, 6) is -0.332. The first-order chi connectivity index (χ1) is 18.1. The number of hydrogen-bond donors (Lipinski definition) is 2. The summed E-state index contributed by atoms with van der Waals surface area (Å²) in [5, 5.41) is 13.4. The maximum Gasteiger partial charge on any atom is 0.325 e. The number of aromatic nitrogens is 1. The second-order valence-corrected chi connectivity index (χ2v) is 10.5. The van der Waals surface area contributed by atoms with Crippen LogP contribution in [0, 0.1) is 5.82 Å². The number of aryl methyl sites for hydroxylation is 2. The Morgan fingerprint density at radius 2 is 2.08 bits per heavy atom. The third-order valence-electron chi connectivity index (χ3n) is 7.73. The summed E-state index contributed by atoms with van der Waals surface area (Å²) in [6, 6.07) is 7.92. The number of fused-ring (bicyclic) bond motifs is 1. The van der Waals surface area contributed by atoms with Gasteiger partial charge in [-0.2, -0.15) is 0 Å². The Morgan fingerprint density at radius 3 is 2.89 bits per heavy atom. The number of carboxylic acids is 1. The van der Waals surface area contributed by atoms with Gasteiger partial charge >= 0.3 is 5.97 Å². The predicted molar refractivity (Wildman–Crippen MR) is 139 cm³/mol. The van der Waals surface area contributed by atoms with Gasteiger partial charge in [-0.1, -0.05) is 18.6 Å². The van der Waals surface area contributed by atoms with E-state index in [-0.39, 0.29) is 12.2 Å². The minimum absolute atomic E-state index is 0.0122. The zero-order chi connectivity index (χ0) is 25.6. The van der Waals surface area contributed by atoms with Gasteiger partial charge in [0.2, 0.25) is 0 Å². The number of anilines is 1. The lowest BCUT2D eigenvalue weighted by atomic mass is 9.90. The topological polar surface area (TPSA) is 83.9 Å². The molecule has 2 N–H and O–H groups in total. The second kappa shape index (κ2) is 12.3. The standard InChI is InChI=1S/C29H38FN3O4/c30-21-11-13-24(26-9-3-5-16-37-26)25(17-21)27(29(34)35)33-18-23(19-33)36-15-4-1-2-8-22-12-10-20-7-6-14-31-28(20)32-22/h10-13,17,23,26-27H,1-9,14-16,18-19H2,(H,31,32)(H,34,35)/t26-,27?/m0/s1. The third kappa shape index (κ3) is 6.48. The van der Waals surface area contributed by atoms with Gasteiger partial charge in [0.15, 0.2) is 0 Å². The highest BCUT2D eigenvalue weighted by molar-refractivity contribution is 5.76. The second-order valence-electron chi connectivity index (χ2n) is 10.5. The van der Waals surface area contributed by atoms with Crippen LogP contribution in [0.5, 0.6) is 0 Å². The largest absolute Gasteiger partial charge is 0.480 e. The first-order valence-electron chi connectivity index (χ1n) is 13.8. The molecule has 2 fully saturated rings. The molecule has 8 heteroatoms. The summed E-state index contributed by atoms with van der Waals surface area (Å²) < 4.78 is 26.1. The first kappa shape index (κ1) is 26.1. The molecule has 4 heterocycles. The van der Waals surface area contributed by atoms with E-state index in [1.807, 2.05) is 4.90 Å². The van der Waals surface area contributed by atoms with Crippen molar-refractivity contribution >= 4 is 11.8 Å². The number of halogens is 1. The molecule has 0 amide bonds. The van der Waals surface area contributed by atoms with Gasteiger partial charge in [0, 0.05) is 38.5 Å². The molecule has 7 nitrogen and oxygen atoms in total. The summed E-state index contributed by atoms with van der Waals surface area (Å²) in [7, 11) is 0. The number of pyridine rings is 1. The zero-order valence-electron chi connectivity index (χ0n) is 21.5. The van der Waals surface area contributed by atoms with Crippen molar-refractivity contribution in [1.82, 2.24) is 9.88 Å². The molecule has 0 spiro atoms. The first-order valence-corrected chi connectivity index (χ1v) is 13.8. The molecule has 0 bridgehead atoms. The number of rotatable bonds is 11. The van der Waals surface area contributed by atoms with Gasteiger partial charge in [-0.15, -0.1) is 0 Å². The lowest BCUT2D eigenvalue weighted by Gasteiger charge is -2.43. The molecule has 2 atom stereocenters. The molecule has 1 unspecified atom stereocenters. The van der Waals surface area contributed by atoms with Crippen molar-refractivity contribution in [2.75, 3.05) is 38.2 Å². The molecule has 2 saturated heterocycles. The molecule has 2 aromatic rings. The lowest BCUT2D eigenvalue weighted by Crippen LogP contribution is -2.55. The van der Waals surface area contributed by atoms with Crippen molar-refractivity contribution in [2.45, 2.75) is 76.0 Å². The van der Waals surface area contributed by atoms with E-state index in [0.717, 1.165) is 75.0 Å². The van der Waals surface area contributed by atoms with Crippen molar-refractivity contribution in [3.05, 3.63) is 58.5 Å². The van der Waals surface area contributed by atoms with E-state index in [2.05, 4.69) is 17.4 Å². The van der Waals surface area contributed by atoms with Crippen LogP contribution >= 0.6 is 0 Å². The van der Waals surface area contributed by atoms with Crippen molar-refractivity contribution in [3.63, 3.8) is 0 Å². The third-order valence-corrected chi connectivity index (χ3v) is 7.73. The molecular formula is C29H38FN3O4. The SMILES string of the molecule is O=C(O)C(c1cc(F)ccc1[C@@H]1CCCCO1)N1CC(OCCCCCc2ccc3c(n2)NCCC3)C1. The van der Waals surface area contributed by atoms with E-state index in [1.54, 1.807) is 6.07 Å². The smallest absolute Gasteiger partial charge is 0.325 e. The van der Waals surface area contributed by atoms with Crippen LogP contribution in [0.15, 0.2) is 30.3 Å². The van der Waals surface area contributed by atoms with Crippen molar-refractivity contribution in [3.8, 4) is 0 Å². The van der Waals surface area contributed by atoms with Gasteiger partial charge in [-0.3, -0.25) is 9.69 Å². The maximum absolute atomic E-state index is 14.2. The Labute approximate surface area is 218 Å². The summed E-state index contributed by atoms with van der Waals surface area (Å²) >= 11 is 0.